The molecular formula is C35H70N2. The van der Waals surface area contributed by atoms with Crippen molar-refractivity contribution in [3.05, 3.63) is 12.4 Å². The fourth-order valence-corrected chi connectivity index (χ4v) is 6.07. The first-order chi connectivity index (χ1) is 18.2. The topological polar surface area (TPSA) is 6.48 Å². The molecule has 0 spiro atoms. The van der Waals surface area contributed by atoms with Crippen LogP contribution >= 0.6 is 0 Å². The maximum absolute atomic E-state index is 2.66. The lowest BCUT2D eigenvalue weighted by Gasteiger charge is -2.35. The average molecular weight is 519 g/mol. The van der Waals surface area contributed by atoms with Crippen molar-refractivity contribution in [1.29, 1.82) is 0 Å². The first kappa shape index (κ1) is 34.4. The smallest absolute Gasteiger partial charge is 0.101 e. The first-order valence-corrected chi connectivity index (χ1v) is 17.4. The van der Waals surface area contributed by atoms with Crippen LogP contribution in [0.5, 0.6) is 0 Å². The normalized spacial score (nSPS) is 15.5. The van der Waals surface area contributed by atoms with Gasteiger partial charge in [0.15, 0.2) is 0 Å². The van der Waals surface area contributed by atoms with Crippen LogP contribution in [0.1, 0.15) is 195 Å². The molecule has 0 saturated carbocycles. The minimum absolute atomic E-state index is 0.607. The molecule has 0 radical (unpaired) electrons. The molecule has 0 saturated heterocycles. The van der Waals surface area contributed by atoms with Crippen LogP contribution in [0.15, 0.2) is 12.4 Å². The summed E-state index contributed by atoms with van der Waals surface area (Å²) in [6.45, 7) is 10.6. The van der Waals surface area contributed by atoms with Gasteiger partial charge in [0.25, 0.3) is 0 Å². The molecule has 0 aliphatic carbocycles. The Morgan fingerprint density at radius 1 is 0.459 bits per heavy atom. The van der Waals surface area contributed by atoms with Gasteiger partial charge in [-0.2, -0.15) is 0 Å². The van der Waals surface area contributed by atoms with E-state index < -0.39 is 0 Å². The fourth-order valence-electron chi connectivity index (χ4n) is 6.07. The quantitative estimate of drug-likeness (QED) is 0.0950. The largest absolute Gasteiger partial charge is 0.356 e. The van der Waals surface area contributed by atoms with Crippen molar-refractivity contribution in [2.24, 2.45) is 0 Å². The zero-order valence-corrected chi connectivity index (χ0v) is 26.3. The Morgan fingerprint density at radius 2 is 0.811 bits per heavy atom. The minimum Gasteiger partial charge on any atom is -0.356 e. The summed E-state index contributed by atoms with van der Waals surface area (Å²) in [5, 5.41) is 0. The molecule has 1 aliphatic heterocycles. The van der Waals surface area contributed by atoms with Crippen LogP contribution in [0.2, 0.25) is 0 Å². The van der Waals surface area contributed by atoms with E-state index in [1.54, 1.807) is 0 Å². The van der Waals surface area contributed by atoms with Crippen molar-refractivity contribution < 1.29 is 0 Å². The molecule has 1 heterocycles. The molecular weight excluding hydrogens is 448 g/mol. The second-order valence-corrected chi connectivity index (χ2v) is 12.5. The van der Waals surface area contributed by atoms with Gasteiger partial charge in [0.2, 0.25) is 0 Å². The molecule has 220 valence electrons. The lowest BCUT2D eigenvalue weighted by molar-refractivity contribution is 0.114. The van der Waals surface area contributed by atoms with Gasteiger partial charge in [0.05, 0.1) is 0 Å². The average Bonchev–Trinajstić information content (AvgIpc) is 3.30. The van der Waals surface area contributed by atoms with E-state index in [2.05, 4.69) is 49.9 Å². The highest BCUT2D eigenvalue weighted by Crippen LogP contribution is 2.25. The fraction of sp³-hybridized carbons (Fsp3) is 0.943. The molecule has 0 amide bonds. The number of rotatable bonds is 28. The van der Waals surface area contributed by atoms with Crippen molar-refractivity contribution >= 4 is 0 Å². The van der Waals surface area contributed by atoms with Gasteiger partial charge in [-0.05, 0) is 33.1 Å². The number of unbranched alkanes of at least 4 members (excludes halogenated alkanes) is 23. The first-order valence-electron chi connectivity index (χ1n) is 17.4. The molecule has 0 N–H and O–H groups in total. The molecule has 2 heteroatoms. The number of nitrogens with zero attached hydrogens (tertiary/aromatic N) is 2. The van der Waals surface area contributed by atoms with Gasteiger partial charge in [0.1, 0.15) is 6.17 Å². The predicted octanol–water partition coefficient (Wildman–Crippen LogP) is 12.0. The SMILES string of the molecule is CCCCCCCCCCCCCCCCC1N(CCCCCCCCCCCCC)C=CN1C(C)C. The standard InChI is InChI=1S/C35H70N2/c1-5-7-9-11-13-15-17-18-19-20-22-24-26-28-30-35-36(32-33-37(35)34(3)4)31-29-27-25-23-21-16-14-12-10-8-6-2/h32-35H,5-31H2,1-4H3. The van der Waals surface area contributed by atoms with Gasteiger partial charge in [-0.3, -0.25) is 0 Å². The third kappa shape index (κ3) is 19.1. The van der Waals surface area contributed by atoms with Gasteiger partial charge in [-0.15, -0.1) is 0 Å². The van der Waals surface area contributed by atoms with Crippen LogP contribution in [-0.4, -0.2) is 28.6 Å². The van der Waals surface area contributed by atoms with Crippen molar-refractivity contribution in [1.82, 2.24) is 9.80 Å². The van der Waals surface area contributed by atoms with Gasteiger partial charge in [0, 0.05) is 25.0 Å². The summed E-state index contributed by atoms with van der Waals surface area (Å²) in [6, 6.07) is 0.607. The molecule has 0 aromatic heterocycles. The maximum atomic E-state index is 2.66. The highest BCUT2D eigenvalue weighted by atomic mass is 15.4. The second kappa shape index (κ2) is 25.6. The van der Waals surface area contributed by atoms with E-state index in [1.807, 2.05) is 0 Å². The van der Waals surface area contributed by atoms with Crippen LogP contribution in [0.25, 0.3) is 0 Å². The molecule has 0 bridgehead atoms. The van der Waals surface area contributed by atoms with Crippen LogP contribution in [0.3, 0.4) is 0 Å². The lowest BCUT2D eigenvalue weighted by Crippen LogP contribution is -2.42. The third-order valence-electron chi connectivity index (χ3n) is 8.59. The van der Waals surface area contributed by atoms with Crippen molar-refractivity contribution in [3.63, 3.8) is 0 Å². The Labute approximate surface area is 235 Å². The van der Waals surface area contributed by atoms with Gasteiger partial charge in [-0.1, -0.05) is 162 Å². The summed E-state index contributed by atoms with van der Waals surface area (Å²) in [6.07, 6.45) is 42.7. The highest BCUT2D eigenvalue weighted by Gasteiger charge is 2.26. The Bertz CT molecular complexity index is 486. The summed E-state index contributed by atoms with van der Waals surface area (Å²) in [5.41, 5.74) is 0. The highest BCUT2D eigenvalue weighted by molar-refractivity contribution is 4.98. The van der Waals surface area contributed by atoms with Crippen molar-refractivity contribution in [2.75, 3.05) is 6.54 Å². The van der Waals surface area contributed by atoms with Crippen molar-refractivity contribution in [3.8, 4) is 0 Å². The Morgan fingerprint density at radius 3 is 1.19 bits per heavy atom. The monoisotopic (exact) mass is 519 g/mol. The van der Waals surface area contributed by atoms with Gasteiger partial charge >= 0.3 is 0 Å². The van der Waals surface area contributed by atoms with E-state index in [0.29, 0.717) is 12.2 Å². The summed E-state index contributed by atoms with van der Waals surface area (Å²) < 4.78 is 0. The number of hydrogen-bond acceptors (Lipinski definition) is 2. The van der Waals surface area contributed by atoms with Crippen LogP contribution in [0.4, 0.5) is 0 Å². The number of hydrogen-bond donors (Lipinski definition) is 0. The van der Waals surface area contributed by atoms with Gasteiger partial charge in [-0.25, -0.2) is 0 Å². The summed E-state index contributed by atoms with van der Waals surface area (Å²) in [5.74, 6) is 0. The molecule has 2 nitrogen and oxygen atoms in total. The van der Waals surface area contributed by atoms with Crippen LogP contribution in [-0.2, 0) is 0 Å². The molecule has 1 atom stereocenters. The zero-order valence-electron chi connectivity index (χ0n) is 26.3. The maximum Gasteiger partial charge on any atom is 0.101 e. The molecule has 1 unspecified atom stereocenters. The van der Waals surface area contributed by atoms with E-state index in [0.717, 1.165) is 0 Å². The van der Waals surface area contributed by atoms with E-state index in [-0.39, 0.29) is 0 Å². The predicted molar refractivity (Wildman–Crippen MR) is 168 cm³/mol. The Kier molecular flexibility index (Phi) is 23.8. The summed E-state index contributed by atoms with van der Waals surface area (Å²) in [7, 11) is 0. The van der Waals surface area contributed by atoms with E-state index in [9.17, 15) is 0 Å². The molecule has 1 rings (SSSR count). The summed E-state index contributed by atoms with van der Waals surface area (Å²) in [4.78, 5) is 5.27. The third-order valence-corrected chi connectivity index (χ3v) is 8.59. The van der Waals surface area contributed by atoms with E-state index >= 15 is 0 Å². The molecule has 1 aliphatic rings. The Hall–Kier alpha value is -0.660. The van der Waals surface area contributed by atoms with Gasteiger partial charge < -0.3 is 9.80 Å². The zero-order chi connectivity index (χ0) is 26.8. The minimum atomic E-state index is 0.607. The second-order valence-electron chi connectivity index (χ2n) is 12.5. The molecule has 0 aromatic carbocycles. The van der Waals surface area contributed by atoms with Crippen LogP contribution in [0, 0.1) is 0 Å². The molecule has 0 fully saturated rings. The summed E-state index contributed by atoms with van der Waals surface area (Å²) >= 11 is 0. The van der Waals surface area contributed by atoms with E-state index in [1.165, 1.54) is 173 Å². The van der Waals surface area contributed by atoms with E-state index in [4.69, 9.17) is 0 Å². The Balaban J connectivity index is 2.03. The van der Waals surface area contributed by atoms with Crippen LogP contribution < -0.4 is 0 Å². The molecule has 0 aromatic rings. The molecule has 37 heavy (non-hydrogen) atoms. The lowest BCUT2D eigenvalue weighted by atomic mass is 10.0. The van der Waals surface area contributed by atoms with Crippen molar-refractivity contribution in [2.45, 2.75) is 207 Å².